The van der Waals surface area contributed by atoms with E-state index in [2.05, 4.69) is 5.32 Å². The first-order valence-corrected chi connectivity index (χ1v) is 7.30. The average Bonchev–Trinajstić information content (AvgIpc) is 2.41. The zero-order valence-corrected chi connectivity index (χ0v) is 13.8. The molecule has 0 aliphatic heterocycles. The largest absolute Gasteiger partial charge is 0.487 e. The molecule has 0 aliphatic rings. The molecule has 0 aromatic heterocycles. The molecule has 0 bridgehead atoms. The third-order valence-corrected chi connectivity index (χ3v) is 3.18. The van der Waals surface area contributed by atoms with Crippen LogP contribution < -0.4 is 10.1 Å². The predicted octanol–water partition coefficient (Wildman–Crippen LogP) is 3.31. The minimum atomic E-state index is -0.953. The third-order valence-electron chi connectivity index (χ3n) is 2.88. The average molecular weight is 329 g/mol. The van der Waals surface area contributed by atoms with Gasteiger partial charge in [-0.25, -0.2) is 4.79 Å². The van der Waals surface area contributed by atoms with E-state index in [1.165, 1.54) is 11.9 Å². The van der Waals surface area contributed by atoms with Crippen molar-refractivity contribution in [1.29, 1.82) is 0 Å². The van der Waals surface area contributed by atoms with Crippen LogP contribution in [0, 0.1) is 5.92 Å². The van der Waals surface area contributed by atoms with Crippen molar-refractivity contribution in [3.63, 3.8) is 0 Å². The van der Waals surface area contributed by atoms with Crippen LogP contribution in [0.2, 0.25) is 5.02 Å². The van der Waals surface area contributed by atoms with Crippen LogP contribution in [0.25, 0.3) is 0 Å². The van der Waals surface area contributed by atoms with Crippen molar-refractivity contribution in [2.24, 2.45) is 5.92 Å². The van der Waals surface area contributed by atoms with Gasteiger partial charge in [0.2, 0.25) is 0 Å². The molecular formula is C15H21ClN2O4. The Labute approximate surface area is 135 Å². The summed E-state index contributed by atoms with van der Waals surface area (Å²) in [6.07, 6.45) is -0.0969. The van der Waals surface area contributed by atoms with Gasteiger partial charge in [0.15, 0.2) is 5.75 Å². The lowest BCUT2D eigenvalue weighted by Gasteiger charge is -2.22. The molecule has 1 atom stereocenters. The number of carbonyl (C=O) groups excluding carboxylic acids is 1. The second-order valence-corrected chi connectivity index (χ2v) is 5.74. The van der Waals surface area contributed by atoms with Gasteiger partial charge in [0.25, 0.3) is 0 Å². The Balaban J connectivity index is 2.83. The molecule has 1 aromatic rings. The number of anilines is 1. The van der Waals surface area contributed by atoms with E-state index in [-0.39, 0.29) is 12.6 Å². The molecule has 0 heterocycles. The van der Waals surface area contributed by atoms with E-state index >= 15 is 0 Å². The molecule has 1 unspecified atom stereocenters. The maximum atomic E-state index is 12.1. The molecule has 0 radical (unpaired) electrons. The van der Waals surface area contributed by atoms with Gasteiger partial charge in [-0.3, -0.25) is 4.79 Å². The number of rotatable bonds is 6. The molecule has 7 heteroatoms. The number of halogens is 1. The summed E-state index contributed by atoms with van der Waals surface area (Å²) in [5, 5.41) is 12.0. The van der Waals surface area contributed by atoms with Crippen LogP contribution in [0.3, 0.4) is 0 Å². The maximum Gasteiger partial charge on any atom is 0.321 e. The Bertz CT molecular complexity index is 548. The van der Waals surface area contributed by atoms with Gasteiger partial charge >= 0.3 is 12.0 Å². The highest BCUT2D eigenvalue weighted by Gasteiger charge is 2.19. The molecule has 122 valence electrons. The lowest BCUT2D eigenvalue weighted by Crippen LogP contribution is -2.36. The Morgan fingerprint density at radius 3 is 2.55 bits per heavy atom. The van der Waals surface area contributed by atoms with E-state index in [0.717, 1.165) is 0 Å². The monoisotopic (exact) mass is 328 g/mol. The minimum absolute atomic E-state index is 0.0969. The van der Waals surface area contributed by atoms with Crippen molar-refractivity contribution in [3.8, 4) is 5.75 Å². The quantitative estimate of drug-likeness (QED) is 0.839. The summed E-state index contributed by atoms with van der Waals surface area (Å²) >= 11 is 6.09. The van der Waals surface area contributed by atoms with Crippen LogP contribution in [-0.4, -0.2) is 41.7 Å². The maximum absolute atomic E-state index is 12.1. The third kappa shape index (κ3) is 5.11. The van der Waals surface area contributed by atoms with Crippen LogP contribution in [0.5, 0.6) is 5.75 Å². The molecule has 6 nitrogen and oxygen atoms in total. The van der Waals surface area contributed by atoms with Crippen LogP contribution >= 0.6 is 11.6 Å². The first kappa shape index (κ1) is 18.1. The van der Waals surface area contributed by atoms with Crippen LogP contribution in [0.15, 0.2) is 18.2 Å². The second-order valence-electron chi connectivity index (χ2n) is 5.33. The van der Waals surface area contributed by atoms with E-state index in [4.69, 9.17) is 21.4 Å². The molecular weight excluding hydrogens is 308 g/mol. The lowest BCUT2D eigenvalue weighted by atomic mass is 10.2. The molecule has 0 saturated heterocycles. The second kappa shape index (κ2) is 7.89. The number of hydrogen-bond acceptors (Lipinski definition) is 3. The number of aliphatic carboxylic acids is 1. The summed E-state index contributed by atoms with van der Waals surface area (Å²) in [5.74, 6) is -1.21. The highest BCUT2D eigenvalue weighted by atomic mass is 35.5. The van der Waals surface area contributed by atoms with Gasteiger partial charge in [-0.2, -0.15) is 0 Å². The molecule has 0 spiro atoms. The molecule has 1 aromatic carbocycles. The molecule has 22 heavy (non-hydrogen) atoms. The molecule has 0 saturated carbocycles. The SMILES string of the molecule is CC(C)Oc1c(Cl)cccc1NC(=O)N(C)CC(C)C(=O)O. The van der Waals surface area contributed by atoms with Gasteiger partial charge < -0.3 is 20.1 Å². The van der Waals surface area contributed by atoms with Crippen LogP contribution in [-0.2, 0) is 4.79 Å². The van der Waals surface area contributed by atoms with Crippen molar-refractivity contribution in [2.45, 2.75) is 26.9 Å². The Morgan fingerprint density at radius 2 is 2.00 bits per heavy atom. The number of hydrogen-bond donors (Lipinski definition) is 2. The van der Waals surface area contributed by atoms with Gasteiger partial charge in [0.1, 0.15) is 0 Å². The summed E-state index contributed by atoms with van der Waals surface area (Å²) < 4.78 is 5.62. The predicted molar refractivity (Wildman–Crippen MR) is 85.7 cm³/mol. The van der Waals surface area contributed by atoms with Crippen molar-refractivity contribution in [3.05, 3.63) is 23.2 Å². The number of para-hydroxylation sites is 1. The first-order chi connectivity index (χ1) is 10.2. The van der Waals surface area contributed by atoms with Crippen molar-refractivity contribution in [1.82, 2.24) is 4.90 Å². The fourth-order valence-corrected chi connectivity index (χ4v) is 1.96. The Morgan fingerprint density at radius 1 is 1.36 bits per heavy atom. The summed E-state index contributed by atoms with van der Waals surface area (Å²) in [6.45, 7) is 5.35. The number of nitrogens with zero attached hydrogens (tertiary/aromatic N) is 1. The summed E-state index contributed by atoms with van der Waals surface area (Å²) in [6, 6.07) is 4.62. The summed E-state index contributed by atoms with van der Waals surface area (Å²) in [5.41, 5.74) is 0.445. The molecule has 1 rings (SSSR count). The van der Waals surface area contributed by atoms with Gasteiger partial charge in [-0.15, -0.1) is 0 Å². The number of amides is 2. The number of carboxylic acids is 1. The highest BCUT2D eigenvalue weighted by Crippen LogP contribution is 2.33. The summed E-state index contributed by atoms with van der Waals surface area (Å²) in [4.78, 5) is 24.3. The molecule has 2 N–H and O–H groups in total. The molecule has 0 aliphatic carbocycles. The number of carboxylic acid groups (broad SMARTS) is 1. The van der Waals surface area contributed by atoms with Crippen molar-refractivity contribution < 1.29 is 19.4 Å². The van der Waals surface area contributed by atoms with Crippen molar-refractivity contribution in [2.75, 3.05) is 18.9 Å². The fraction of sp³-hybridized carbons (Fsp3) is 0.467. The number of urea groups is 1. The van der Waals surface area contributed by atoms with Gasteiger partial charge in [0.05, 0.1) is 22.7 Å². The number of ether oxygens (including phenoxy) is 1. The Hall–Kier alpha value is -1.95. The Kier molecular flexibility index (Phi) is 6.49. The van der Waals surface area contributed by atoms with Gasteiger partial charge in [-0.1, -0.05) is 24.6 Å². The first-order valence-electron chi connectivity index (χ1n) is 6.92. The summed E-state index contributed by atoms with van der Waals surface area (Å²) in [7, 11) is 1.53. The smallest absolute Gasteiger partial charge is 0.321 e. The lowest BCUT2D eigenvalue weighted by molar-refractivity contribution is -0.141. The van der Waals surface area contributed by atoms with E-state index < -0.39 is 17.9 Å². The fourth-order valence-electron chi connectivity index (χ4n) is 1.75. The highest BCUT2D eigenvalue weighted by molar-refractivity contribution is 6.32. The van der Waals surface area contributed by atoms with Gasteiger partial charge in [0, 0.05) is 13.6 Å². The number of nitrogens with one attached hydrogen (secondary N) is 1. The van der Waals surface area contributed by atoms with Crippen LogP contribution in [0.4, 0.5) is 10.5 Å². The van der Waals surface area contributed by atoms with E-state index in [1.807, 2.05) is 13.8 Å². The topological polar surface area (TPSA) is 78.9 Å². The molecule has 2 amide bonds. The normalized spacial score (nSPS) is 11.9. The van der Waals surface area contributed by atoms with Crippen molar-refractivity contribution >= 4 is 29.3 Å². The van der Waals surface area contributed by atoms with E-state index in [9.17, 15) is 9.59 Å². The standard InChI is InChI=1S/C15H21ClN2O4/c1-9(2)22-13-11(16)6-5-7-12(13)17-15(21)18(4)8-10(3)14(19)20/h5-7,9-10H,8H2,1-4H3,(H,17,21)(H,19,20). The van der Waals surface area contributed by atoms with E-state index in [1.54, 1.807) is 25.1 Å². The van der Waals surface area contributed by atoms with E-state index in [0.29, 0.717) is 16.5 Å². The zero-order chi connectivity index (χ0) is 16.9. The van der Waals surface area contributed by atoms with Crippen LogP contribution in [0.1, 0.15) is 20.8 Å². The molecule has 0 fully saturated rings. The number of carbonyl (C=O) groups is 2. The number of benzene rings is 1. The minimum Gasteiger partial charge on any atom is -0.487 e. The zero-order valence-electron chi connectivity index (χ0n) is 13.1. The van der Waals surface area contributed by atoms with Gasteiger partial charge in [-0.05, 0) is 26.0 Å².